The summed E-state index contributed by atoms with van der Waals surface area (Å²) in [5, 5.41) is 2.29. The summed E-state index contributed by atoms with van der Waals surface area (Å²) in [4.78, 5) is 12.6. The average molecular weight is 314 g/mol. The maximum atomic E-state index is 12.6. The van der Waals surface area contributed by atoms with Gasteiger partial charge in [0.15, 0.2) is 0 Å². The predicted octanol–water partition coefficient (Wildman–Crippen LogP) is 4.64. The molecule has 3 rings (SSSR count). The van der Waals surface area contributed by atoms with Crippen LogP contribution in [-0.2, 0) is 9.47 Å². The average Bonchev–Trinajstić information content (AvgIpc) is 2.92. The number of hydrogen-bond acceptors (Lipinski definition) is 4. The zero-order chi connectivity index (χ0) is 15.5. The summed E-state index contributed by atoms with van der Waals surface area (Å²) in [5.74, 6) is -0.124. The summed E-state index contributed by atoms with van der Waals surface area (Å²) in [5.41, 5.74) is 0.628. The van der Waals surface area contributed by atoms with E-state index in [0.717, 1.165) is 5.39 Å². The number of carbonyl (C=O) groups is 1. The van der Waals surface area contributed by atoms with Gasteiger partial charge in [0.05, 0.1) is 0 Å². The number of carbonyl (C=O) groups excluding carboxylic acids is 1. The van der Waals surface area contributed by atoms with Gasteiger partial charge in [-0.1, -0.05) is 18.2 Å². The maximum absolute atomic E-state index is 12.6. The first kappa shape index (κ1) is 15.2. The number of Topliss-reactive ketones (excluding diaryl/α,β-unsaturated/α-hetero) is 1. The second-order valence-corrected chi connectivity index (χ2v) is 6.00. The molecule has 22 heavy (non-hydrogen) atoms. The summed E-state index contributed by atoms with van der Waals surface area (Å²) >= 11 is 1.74. The molecule has 3 nitrogen and oxygen atoms in total. The summed E-state index contributed by atoms with van der Waals surface area (Å²) in [6.45, 7) is 4.60. The lowest BCUT2D eigenvalue weighted by molar-refractivity contribution is -0.107. The third kappa shape index (κ3) is 2.77. The molecule has 0 amide bonds. The lowest BCUT2D eigenvalue weighted by Crippen LogP contribution is -2.27. The van der Waals surface area contributed by atoms with Crippen LogP contribution in [0.5, 0.6) is 0 Å². The number of rotatable bonds is 6. The molecular weight excluding hydrogens is 296 g/mol. The minimum absolute atomic E-state index is 0.124. The highest BCUT2D eigenvalue weighted by Gasteiger charge is 2.21. The van der Waals surface area contributed by atoms with E-state index in [0.29, 0.717) is 18.8 Å². The van der Waals surface area contributed by atoms with Gasteiger partial charge in [-0.3, -0.25) is 4.79 Å². The highest BCUT2D eigenvalue weighted by atomic mass is 32.1. The molecule has 1 heterocycles. The van der Waals surface area contributed by atoms with Gasteiger partial charge < -0.3 is 9.47 Å². The molecule has 0 fully saturated rings. The van der Waals surface area contributed by atoms with Crippen LogP contribution in [0.25, 0.3) is 20.2 Å². The molecule has 1 aromatic heterocycles. The highest BCUT2D eigenvalue weighted by molar-refractivity contribution is 7.25. The van der Waals surface area contributed by atoms with Gasteiger partial charge in [-0.05, 0) is 38.1 Å². The molecule has 0 aliphatic carbocycles. The van der Waals surface area contributed by atoms with Gasteiger partial charge in [-0.2, -0.15) is 0 Å². The van der Waals surface area contributed by atoms with E-state index in [1.165, 1.54) is 14.8 Å². The van der Waals surface area contributed by atoms with Gasteiger partial charge >= 0.3 is 0 Å². The Morgan fingerprint density at radius 1 is 1.00 bits per heavy atom. The molecule has 0 aliphatic heterocycles. The summed E-state index contributed by atoms with van der Waals surface area (Å²) < 4.78 is 13.2. The predicted molar refractivity (Wildman–Crippen MR) is 90.7 cm³/mol. The minimum atomic E-state index is -0.822. The van der Waals surface area contributed by atoms with Crippen molar-refractivity contribution in [2.24, 2.45) is 0 Å². The van der Waals surface area contributed by atoms with Crippen molar-refractivity contribution in [2.75, 3.05) is 13.2 Å². The molecule has 0 N–H and O–H groups in total. The van der Waals surface area contributed by atoms with Crippen LogP contribution in [-0.4, -0.2) is 25.3 Å². The van der Waals surface area contributed by atoms with Crippen molar-refractivity contribution in [1.82, 2.24) is 0 Å². The standard InChI is InChI=1S/C18H18O3S/c1-3-20-18(21-4-2)17(19)12-9-10-16-14(11-12)13-7-5-6-8-15(13)22-16/h5-11,18H,3-4H2,1-2H3. The van der Waals surface area contributed by atoms with Gasteiger partial charge in [-0.15, -0.1) is 11.3 Å². The molecule has 0 radical (unpaired) electrons. The molecule has 0 saturated carbocycles. The van der Waals surface area contributed by atoms with Crippen LogP contribution >= 0.6 is 11.3 Å². The second-order valence-electron chi connectivity index (χ2n) is 4.92. The Morgan fingerprint density at radius 3 is 2.41 bits per heavy atom. The Balaban J connectivity index is 2.03. The SMILES string of the molecule is CCOC(OCC)C(=O)c1ccc2sc3ccccc3c2c1. The molecule has 0 saturated heterocycles. The normalized spacial score (nSPS) is 11.6. The van der Waals surface area contributed by atoms with Gasteiger partial charge in [0, 0.05) is 38.9 Å². The van der Waals surface area contributed by atoms with Gasteiger partial charge in [0.1, 0.15) is 0 Å². The molecule has 0 spiro atoms. The number of ketones is 1. The zero-order valence-electron chi connectivity index (χ0n) is 12.7. The van der Waals surface area contributed by atoms with Crippen LogP contribution in [0.1, 0.15) is 24.2 Å². The van der Waals surface area contributed by atoms with Gasteiger partial charge in [-0.25, -0.2) is 0 Å². The second kappa shape index (κ2) is 6.57. The molecular formula is C18H18O3S. The van der Waals surface area contributed by atoms with E-state index in [1.807, 2.05) is 44.2 Å². The quantitative estimate of drug-likeness (QED) is 0.491. The minimum Gasteiger partial charge on any atom is -0.346 e. The molecule has 0 atom stereocenters. The first-order valence-corrected chi connectivity index (χ1v) is 8.25. The van der Waals surface area contributed by atoms with Gasteiger partial charge in [0.25, 0.3) is 0 Å². The van der Waals surface area contributed by atoms with Crippen LogP contribution in [0.15, 0.2) is 42.5 Å². The van der Waals surface area contributed by atoms with E-state index >= 15 is 0 Å². The van der Waals surface area contributed by atoms with Crippen molar-refractivity contribution in [3.63, 3.8) is 0 Å². The van der Waals surface area contributed by atoms with Crippen molar-refractivity contribution in [3.05, 3.63) is 48.0 Å². The lowest BCUT2D eigenvalue weighted by Gasteiger charge is -2.15. The summed E-state index contributed by atoms with van der Waals surface area (Å²) in [6.07, 6.45) is -0.822. The molecule has 2 aromatic carbocycles. The van der Waals surface area contributed by atoms with E-state index < -0.39 is 6.29 Å². The number of thiophene rings is 1. The third-order valence-electron chi connectivity index (χ3n) is 3.51. The Hall–Kier alpha value is -1.75. The Kier molecular flexibility index (Phi) is 4.52. The first-order chi connectivity index (χ1) is 10.7. The number of ether oxygens (including phenoxy) is 2. The van der Waals surface area contributed by atoms with E-state index in [9.17, 15) is 4.79 Å². The van der Waals surface area contributed by atoms with Crippen molar-refractivity contribution < 1.29 is 14.3 Å². The van der Waals surface area contributed by atoms with Crippen LogP contribution in [0.4, 0.5) is 0 Å². The Bertz CT molecular complexity index is 800. The summed E-state index contributed by atoms with van der Waals surface area (Å²) in [7, 11) is 0. The van der Waals surface area contributed by atoms with E-state index in [1.54, 1.807) is 11.3 Å². The van der Waals surface area contributed by atoms with Crippen LogP contribution in [0, 0.1) is 0 Å². The zero-order valence-corrected chi connectivity index (χ0v) is 13.5. The lowest BCUT2D eigenvalue weighted by atomic mass is 10.1. The molecule has 114 valence electrons. The van der Waals surface area contributed by atoms with Crippen molar-refractivity contribution >= 4 is 37.3 Å². The smallest absolute Gasteiger partial charge is 0.222 e. The molecule has 3 aromatic rings. The van der Waals surface area contributed by atoms with E-state index in [2.05, 4.69) is 12.1 Å². The van der Waals surface area contributed by atoms with E-state index in [4.69, 9.17) is 9.47 Å². The number of hydrogen-bond donors (Lipinski definition) is 0. The largest absolute Gasteiger partial charge is 0.346 e. The Labute approximate surface area is 133 Å². The van der Waals surface area contributed by atoms with Crippen LogP contribution < -0.4 is 0 Å². The molecule has 0 bridgehead atoms. The number of fused-ring (bicyclic) bond motifs is 3. The number of benzene rings is 2. The highest BCUT2D eigenvalue weighted by Crippen LogP contribution is 2.34. The van der Waals surface area contributed by atoms with E-state index in [-0.39, 0.29) is 5.78 Å². The molecule has 0 unspecified atom stereocenters. The van der Waals surface area contributed by atoms with Crippen LogP contribution in [0.3, 0.4) is 0 Å². The van der Waals surface area contributed by atoms with Crippen molar-refractivity contribution in [3.8, 4) is 0 Å². The summed E-state index contributed by atoms with van der Waals surface area (Å²) in [6, 6.07) is 14.0. The van der Waals surface area contributed by atoms with Crippen molar-refractivity contribution in [2.45, 2.75) is 20.1 Å². The maximum Gasteiger partial charge on any atom is 0.222 e. The third-order valence-corrected chi connectivity index (χ3v) is 4.66. The van der Waals surface area contributed by atoms with Gasteiger partial charge in [0.2, 0.25) is 12.1 Å². The molecule has 0 aliphatic rings. The fraction of sp³-hybridized carbons (Fsp3) is 0.278. The fourth-order valence-corrected chi connectivity index (χ4v) is 3.60. The topological polar surface area (TPSA) is 35.5 Å². The first-order valence-electron chi connectivity index (χ1n) is 7.43. The van der Waals surface area contributed by atoms with Crippen LogP contribution in [0.2, 0.25) is 0 Å². The fourth-order valence-electron chi connectivity index (χ4n) is 2.52. The Morgan fingerprint density at radius 2 is 1.68 bits per heavy atom. The van der Waals surface area contributed by atoms with Crippen molar-refractivity contribution in [1.29, 1.82) is 0 Å². The molecule has 4 heteroatoms. The monoisotopic (exact) mass is 314 g/mol.